The Morgan fingerprint density at radius 1 is 1.04 bits per heavy atom. The normalized spacial score (nSPS) is 27.9. The van der Waals surface area contributed by atoms with Crippen molar-refractivity contribution in [3.63, 3.8) is 0 Å². The van der Waals surface area contributed by atoms with Gasteiger partial charge in [0.15, 0.2) is 0 Å². The van der Waals surface area contributed by atoms with E-state index in [-0.39, 0.29) is 17.0 Å². The molecule has 1 N–H and O–H groups in total. The van der Waals surface area contributed by atoms with Gasteiger partial charge in [-0.2, -0.15) is 4.31 Å². The molecular formula is C16H23FN2O3S. The topological polar surface area (TPSA) is 60.9 Å². The Hall–Kier alpha value is -1.02. The van der Waals surface area contributed by atoms with Crippen LogP contribution in [0.25, 0.3) is 0 Å². The van der Waals surface area contributed by atoms with Gasteiger partial charge in [0.05, 0.1) is 6.10 Å². The average Bonchev–Trinajstić information content (AvgIpc) is 2.56. The number of rotatable bonds is 3. The number of piperazine rings is 1. The third kappa shape index (κ3) is 3.42. The molecule has 1 saturated heterocycles. The number of hydrogen-bond donors (Lipinski definition) is 1. The van der Waals surface area contributed by atoms with Crippen LogP contribution in [0.1, 0.15) is 25.7 Å². The summed E-state index contributed by atoms with van der Waals surface area (Å²) in [5.41, 5.74) is 0. The molecule has 1 aromatic rings. The second-order valence-electron chi connectivity index (χ2n) is 6.29. The number of benzene rings is 1. The maximum atomic E-state index is 13.8. The molecule has 0 radical (unpaired) electrons. The monoisotopic (exact) mass is 342 g/mol. The summed E-state index contributed by atoms with van der Waals surface area (Å²) in [6.45, 7) is 1.82. The van der Waals surface area contributed by atoms with Crippen LogP contribution in [0.15, 0.2) is 29.2 Å². The average molecular weight is 342 g/mol. The van der Waals surface area contributed by atoms with Gasteiger partial charge in [-0.25, -0.2) is 12.8 Å². The highest BCUT2D eigenvalue weighted by molar-refractivity contribution is 7.89. The number of aliphatic hydroxyl groups is 1. The summed E-state index contributed by atoms with van der Waals surface area (Å²) in [6.07, 6.45) is 3.62. The minimum atomic E-state index is -3.79. The fourth-order valence-electron chi connectivity index (χ4n) is 3.59. The standard InChI is InChI=1S/C16H23FN2O3S/c17-13-5-1-4-8-16(13)23(21,22)19-11-9-18(10-12-19)14-6-2-3-7-15(14)20/h1,4-5,8,14-15,20H,2-3,6-7,9-12H2. The zero-order valence-corrected chi connectivity index (χ0v) is 13.9. The Balaban J connectivity index is 1.68. The van der Waals surface area contributed by atoms with Crippen molar-refractivity contribution >= 4 is 10.0 Å². The fraction of sp³-hybridized carbons (Fsp3) is 0.625. The first kappa shape index (κ1) is 16.8. The lowest BCUT2D eigenvalue weighted by Gasteiger charge is -2.42. The van der Waals surface area contributed by atoms with Gasteiger partial charge in [-0.3, -0.25) is 4.90 Å². The quantitative estimate of drug-likeness (QED) is 0.903. The van der Waals surface area contributed by atoms with Crippen molar-refractivity contribution in [2.24, 2.45) is 0 Å². The molecule has 0 aromatic heterocycles. The lowest BCUT2D eigenvalue weighted by atomic mass is 9.91. The summed E-state index contributed by atoms with van der Waals surface area (Å²) >= 11 is 0. The Labute approximate surface area is 136 Å². The molecule has 1 aromatic carbocycles. The van der Waals surface area contributed by atoms with E-state index >= 15 is 0 Å². The summed E-state index contributed by atoms with van der Waals surface area (Å²) in [4.78, 5) is 1.92. The maximum Gasteiger partial charge on any atom is 0.246 e. The molecule has 2 fully saturated rings. The smallest absolute Gasteiger partial charge is 0.246 e. The summed E-state index contributed by atoms with van der Waals surface area (Å²) in [6, 6.07) is 5.62. The molecule has 0 amide bonds. The third-order valence-corrected chi connectivity index (χ3v) is 6.82. The predicted octanol–water partition coefficient (Wildman–Crippen LogP) is 1.44. The SMILES string of the molecule is O=S(=O)(c1ccccc1F)N1CCN(C2CCCCC2O)CC1. The van der Waals surface area contributed by atoms with Crippen LogP contribution in [0.3, 0.4) is 0 Å². The summed E-state index contributed by atoms with van der Waals surface area (Å²) in [5, 5.41) is 10.1. The summed E-state index contributed by atoms with van der Waals surface area (Å²) < 4.78 is 40.3. The second-order valence-corrected chi connectivity index (χ2v) is 8.20. The van der Waals surface area contributed by atoms with Crippen LogP contribution in [0, 0.1) is 5.82 Å². The van der Waals surface area contributed by atoms with Crippen LogP contribution in [-0.2, 0) is 10.0 Å². The molecule has 1 aliphatic heterocycles. The summed E-state index contributed by atoms with van der Waals surface area (Å²) in [5.74, 6) is -0.711. The molecule has 0 bridgehead atoms. The molecular weight excluding hydrogens is 319 g/mol. The van der Waals surface area contributed by atoms with E-state index in [0.717, 1.165) is 25.7 Å². The molecule has 1 aliphatic carbocycles. The molecule has 2 aliphatic rings. The summed E-state index contributed by atoms with van der Waals surface area (Å²) in [7, 11) is -3.79. The van der Waals surface area contributed by atoms with E-state index in [9.17, 15) is 17.9 Å². The van der Waals surface area contributed by atoms with Crippen molar-refractivity contribution in [1.29, 1.82) is 0 Å². The highest BCUT2D eigenvalue weighted by atomic mass is 32.2. The van der Waals surface area contributed by atoms with Crippen LogP contribution in [0.2, 0.25) is 0 Å². The Morgan fingerprint density at radius 3 is 2.35 bits per heavy atom. The van der Waals surface area contributed by atoms with Crippen LogP contribution in [0.5, 0.6) is 0 Å². The molecule has 2 atom stereocenters. The minimum Gasteiger partial charge on any atom is -0.391 e. The largest absolute Gasteiger partial charge is 0.391 e. The van der Waals surface area contributed by atoms with Gasteiger partial charge in [-0.1, -0.05) is 25.0 Å². The lowest BCUT2D eigenvalue weighted by molar-refractivity contribution is 0.00639. The number of nitrogens with zero attached hydrogens (tertiary/aromatic N) is 2. The first-order valence-corrected chi connectivity index (χ1v) is 9.61. The van der Waals surface area contributed by atoms with E-state index in [1.54, 1.807) is 0 Å². The fourth-order valence-corrected chi connectivity index (χ4v) is 5.07. The molecule has 0 spiro atoms. The van der Waals surface area contributed by atoms with Gasteiger partial charge < -0.3 is 5.11 Å². The molecule has 7 heteroatoms. The molecule has 2 unspecified atom stereocenters. The maximum absolute atomic E-state index is 13.8. The van der Waals surface area contributed by atoms with Crippen LogP contribution < -0.4 is 0 Å². The van der Waals surface area contributed by atoms with Crippen molar-refractivity contribution in [2.45, 2.75) is 42.7 Å². The van der Waals surface area contributed by atoms with Gasteiger partial charge in [0.2, 0.25) is 10.0 Å². The second kappa shape index (κ2) is 6.84. The van der Waals surface area contributed by atoms with E-state index < -0.39 is 15.8 Å². The first-order chi connectivity index (χ1) is 11.0. The molecule has 1 saturated carbocycles. The Kier molecular flexibility index (Phi) is 5.01. The van der Waals surface area contributed by atoms with Crippen molar-refractivity contribution < 1.29 is 17.9 Å². The van der Waals surface area contributed by atoms with Crippen molar-refractivity contribution in [1.82, 2.24) is 9.21 Å². The van der Waals surface area contributed by atoms with E-state index in [4.69, 9.17) is 0 Å². The number of sulfonamides is 1. The zero-order chi connectivity index (χ0) is 16.4. The lowest BCUT2D eigenvalue weighted by Crippen LogP contribution is -2.55. The zero-order valence-electron chi connectivity index (χ0n) is 13.1. The predicted molar refractivity (Wildman–Crippen MR) is 85.0 cm³/mol. The first-order valence-electron chi connectivity index (χ1n) is 8.17. The van der Waals surface area contributed by atoms with Crippen LogP contribution >= 0.6 is 0 Å². The van der Waals surface area contributed by atoms with Gasteiger partial charge >= 0.3 is 0 Å². The van der Waals surface area contributed by atoms with Crippen molar-refractivity contribution in [2.75, 3.05) is 26.2 Å². The Morgan fingerprint density at radius 2 is 1.70 bits per heavy atom. The number of halogens is 1. The van der Waals surface area contributed by atoms with Crippen LogP contribution in [0.4, 0.5) is 4.39 Å². The molecule has 128 valence electrons. The minimum absolute atomic E-state index is 0.127. The van der Waals surface area contributed by atoms with Crippen LogP contribution in [-0.4, -0.2) is 61.1 Å². The van der Waals surface area contributed by atoms with Gasteiger partial charge in [-0.05, 0) is 25.0 Å². The van der Waals surface area contributed by atoms with Crippen molar-refractivity contribution in [3.8, 4) is 0 Å². The van der Waals surface area contributed by atoms with Gasteiger partial charge in [-0.15, -0.1) is 0 Å². The van der Waals surface area contributed by atoms with Crippen molar-refractivity contribution in [3.05, 3.63) is 30.1 Å². The van der Waals surface area contributed by atoms with E-state index in [0.29, 0.717) is 26.2 Å². The van der Waals surface area contributed by atoms with E-state index in [1.807, 2.05) is 0 Å². The molecule has 5 nitrogen and oxygen atoms in total. The van der Waals surface area contributed by atoms with Gasteiger partial charge in [0, 0.05) is 32.2 Å². The molecule has 3 rings (SSSR count). The molecule has 1 heterocycles. The number of aliphatic hydroxyl groups excluding tert-OH is 1. The van der Waals surface area contributed by atoms with E-state index in [1.165, 1.54) is 28.6 Å². The highest BCUT2D eigenvalue weighted by Gasteiger charge is 2.35. The third-order valence-electron chi connectivity index (χ3n) is 4.89. The molecule has 23 heavy (non-hydrogen) atoms. The van der Waals surface area contributed by atoms with Gasteiger partial charge in [0.1, 0.15) is 10.7 Å². The van der Waals surface area contributed by atoms with E-state index in [2.05, 4.69) is 4.90 Å². The van der Waals surface area contributed by atoms with Gasteiger partial charge in [0.25, 0.3) is 0 Å². The number of hydrogen-bond acceptors (Lipinski definition) is 4. The highest BCUT2D eigenvalue weighted by Crippen LogP contribution is 2.26. The Bertz CT molecular complexity index is 644.